The summed E-state index contributed by atoms with van der Waals surface area (Å²) in [6.07, 6.45) is 5.09. The average molecular weight is 334 g/mol. The number of nitrogens with zero attached hydrogens (tertiary/aromatic N) is 1. The standard InChI is InChI=1S/C15H16BrN3O/c16-11-7-10-3-1-4-12(14(10)18-9-11)19-13(20)8-15(17)5-2-6-15/h1,3-4,7,9H,2,5-6,8,17H2,(H,19,20). The summed E-state index contributed by atoms with van der Waals surface area (Å²) in [5.74, 6) is -0.0376. The molecular formula is C15H16BrN3O. The minimum Gasteiger partial charge on any atom is -0.325 e. The number of hydrogen-bond donors (Lipinski definition) is 2. The van der Waals surface area contributed by atoms with Crippen molar-refractivity contribution >= 4 is 38.4 Å². The fourth-order valence-electron chi connectivity index (χ4n) is 2.56. The number of rotatable bonds is 3. The van der Waals surface area contributed by atoms with E-state index in [2.05, 4.69) is 26.2 Å². The summed E-state index contributed by atoms with van der Waals surface area (Å²) in [6, 6.07) is 7.73. The summed E-state index contributed by atoms with van der Waals surface area (Å²) in [5.41, 5.74) is 7.34. The first kappa shape index (κ1) is 13.5. The minimum absolute atomic E-state index is 0.0376. The second-order valence-electron chi connectivity index (χ2n) is 5.47. The summed E-state index contributed by atoms with van der Waals surface area (Å²) in [4.78, 5) is 16.5. The van der Waals surface area contributed by atoms with Crippen LogP contribution < -0.4 is 11.1 Å². The number of carbonyl (C=O) groups is 1. The van der Waals surface area contributed by atoms with Crippen LogP contribution in [0.3, 0.4) is 0 Å². The third-order valence-electron chi connectivity index (χ3n) is 3.81. The molecule has 5 heteroatoms. The smallest absolute Gasteiger partial charge is 0.226 e. The molecule has 1 heterocycles. The first-order valence-corrected chi connectivity index (χ1v) is 7.48. The van der Waals surface area contributed by atoms with Gasteiger partial charge in [-0.15, -0.1) is 0 Å². The zero-order valence-electron chi connectivity index (χ0n) is 11.0. The molecule has 0 aliphatic heterocycles. The van der Waals surface area contributed by atoms with Gasteiger partial charge in [0.25, 0.3) is 0 Å². The molecule has 0 spiro atoms. The van der Waals surface area contributed by atoms with Gasteiger partial charge in [-0.2, -0.15) is 0 Å². The van der Waals surface area contributed by atoms with Gasteiger partial charge in [0.1, 0.15) is 0 Å². The number of amides is 1. The Morgan fingerprint density at radius 3 is 2.95 bits per heavy atom. The Kier molecular flexibility index (Phi) is 3.48. The van der Waals surface area contributed by atoms with Gasteiger partial charge in [-0.1, -0.05) is 12.1 Å². The fourth-order valence-corrected chi connectivity index (χ4v) is 2.91. The maximum atomic E-state index is 12.1. The van der Waals surface area contributed by atoms with Gasteiger partial charge in [-0.3, -0.25) is 9.78 Å². The van der Waals surface area contributed by atoms with E-state index in [1.54, 1.807) is 6.20 Å². The number of benzene rings is 1. The number of para-hydroxylation sites is 1. The van der Waals surface area contributed by atoms with Crippen molar-refractivity contribution in [2.75, 3.05) is 5.32 Å². The number of pyridine rings is 1. The van der Waals surface area contributed by atoms with E-state index < -0.39 is 0 Å². The largest absolute Gasteiger partial charge is 0.325 e. The Balaban J connectivity index is 1.82. The monoisotopic (exact) mass is 333 g/mol. The van der Waals surface area contributed by atoms with Gasteiger partial charge in [0.05, 0.1) is 11.2 Å². The highest BCUT2D eigenvalue weighted by Crippen LogP contribution is 2.32. The minimum atomic E-state index is -0.300. The topological polar surface area (TPSA) is 68.0 Å². The number of fused-ring (bicyclic) bond motifs is 1. The van der Waals surface area contributed by atoms with Crippen molar-refractivity contribution in [3.05, 3.63) is 34.9 Å². The molecule has 1 fully saturated rings. The molecule has 0 bridgehead atoms. The quantitative estimate of drug-likeness (QED) is 0.906. The van der Waals surface area contributed by atoms with Crippen LogP contribution in [0.25, 0.3) is 10.9 Å². The van der Waals surface area contributed by atoms with E-state index in [0.29, 0.717) is 6.42 Å². The Labute approximate surface area is 125 Å². The van der Waals surface area contributed by atoms with Gasteiger partial charge in [-0.05, 0) is 47.3 Å². The first-order chi connectivity index (χ1) is 9.56. The molecule has 1 aromatic carbocycles. The Morgan fingerprint density at radius 1 is 1.45 bits per heavy atom. The van der Waals surface area contributed by atoms with E-state index in [1.807, 2.05) is 24.3 Å². The van der Waals surface area contributed by atoms with Crippen LogP contribution in [0.15, 0.2) is 34.9 Å². The van der Waals surface area contributed by atoms with Crippen molar-refractivity contribution in [3.63, 3.8) is 0 Å². The van der Waals surface area contributed by atoms with Crippen LogP contribution in [0.5, 0.6) is 0 Å². The summed E-state index contributed by atoms with van der Waals surface area (Å²) in [7, 11) is 0. The van der Waals surface area contributed by atoms with E-state index in [9.17, 15) is 4.79 Å². The van der Waals surface area contributed by atoms with Crippen LogP contribution in [0.4, 0.5) is 5.69 Å². The van der Waals surface area contributed by atoms with Crippen molar-refractivity contribution in [2.24, 2.45) is 5.73 Å². The van der Waals surface area contributed by atoms with E-state index in [4.69, 9.17) is 5.73 Å². The van der Waals surface area contributed by atoms with E-state index >= 15 is 0 Å². The van der Waals surface area contributed by atoms with Gasteiger partial charge in [0.15, 0.2) is 0 Å². The number of nitrogens with two attached hydrogens (primary N) is 1. The summed E-state index contributed by atoms with van der Waals surface area (Å²) in [5, 5.41) is 3.92. The lowest BCUT2D eigenvalue weighted by atomic mass is 9.75. The predicted molar refractivity (Wildman–Crippen MR) is 83.5 cm³/mol. The molecule has 2 aromatic rings. The SMILES string of the molecule is NC1(CC(=O)Nc2cccc3cc(Br)cnc23)CCC1. The third kappa shape index (κ3) is 2.69. The molecule has 0 unspecified atom stereocenters. The highest BCUT2D eigenvalue weighted by atomic mass is 79.9. The normalized spacial score (nSPS) is 16.7. The van der Waals surface area contributed by atoms with Crippen molar-refractivity contribution in [3.8, 4) is 0 Å². The molecule has 3 rings (SSSR count). The maximum Gasteiger partial charge on any atom is 0.226 e. The molecule has 1 aliphatic rings. The van der Waals surface area contributed by atoms with Crippen LogP contribution in [0.1, 0.15) is 25.7 Å². The molecule has 1 aliphatic carbocycles. The molecule has 0 radical (unpaired) electrons. The second kappa shape index (κ2) is 5.14. The van der Waals surface area contributed by atoms with Crippen LogP contribution in [-0.2, 0) is 4.79 Å². The Morgan fingerprint density at radius 2 is 2.25 bits per heavy atom. The highest BCUT2D eigenvalue weighted by molar-refractivity contribution is 9.10. The first-order valence-electron chi connectivity index (χ1n) is 6.69. The number of hydrogen-bond acceptors (Lipinski definition) is 3. The van der Waals surface area contributed by atoms with Gasteiger partial charge in [0, 0.05) is 28.0 Å². The van der Waals surface area contributed by atoms with E-state index in [-0.39, 0.29) is 11.4 Å². The van der Waals surface area contributed by atoms with Crippen molar-refractivity contribution < 1.29 is 4.79 Å². The molecule has 3 N–H and O–H groups in total. The molecule has 1 amide bonds. The van der Waals surface area contributed by atoms with Crippen molar-refractivity contribution in [1.82, 2.24) is 4.98 Å². The lowest BCUT2D eigenvalue weighted by molar-refractivity contribution is -0.118. The molecule has 4 nitrogen and oxygen atoms in total. The summed E-state index contributed by atoms with van der Waals surface area (Å²) >= 11 is 3.40. The summed E-state index contributed by atoms with van der Waals surface area (Å²) < 4.78 is 0.920. The maximum absolute atomic E-state index is 12.1. The Bertz CT molecular complexity index is 667. The lowest BCUT2D eigenvalue weighted by Crippen LogP contribution is -2.48. The molecule has 20 heavy (non-hydrogen) atoms. The van der Waals surface area contributed by atoms with Gasteiger partial charge < -0.3 is 11.1 Å². The molecule has 1 saturated carbocycles. The zero-order valence-corrected chi connectivity index (χ0v) is 12.6. The zero-order chi connectivity index (χ0) is 14.2. The molecule has 104 valence electrons. The Hall–Kier alpha value is -1.46. The third-order valence-corrected chi connectivity index (χ3v) is 4.25. The molecule has 1 aromatic heterocycles. The van der Waals surface area contributed by atoms with Gasteiger partial charge >= 0.3 is 0 Å². The van der Waals surface area contributed by atoms with Crippen molar-refractivity contribution in [2.45, 2.75) is 31.2 Å². The van der Waals surface area contributed by atoms with Crippen LogP contribution in [0, 0.1) is 0 Å². The predicted octanol–water partition coefficient (Wildman–Crippen LogP) is 3.21. The lowest BCUT2D eigenvalue weighted by Gasteiger charge is -2.37. The van der Waals surface area contributed by atoms with E-state index in [1.165, 1.54) is 0 Å². The highest BCUT2D eigenvalue weighted by Gasteiger charge is 2.34. The average Bonchev–Trinajstić information content (AvgIpc) is 2.36. The van der Waals surface area contributed by atoms with Crippen LogP contribution in [-0.4, -0.2) is 16.4 Å². The number of nitrogens with one attached hydrogen (secondary N) is 1. The van der Waals surface area contributed by atoms with Crippen LogP contribution >= 0.6 is 15.9 Å². The number of carbonyl (C=O) groups excluding carboxylic acids is 1. The molecule has 0 saturated heterocycles. The van der Waals surface area contributed by atoms with Crippen LogP contribution in [0.2, 0.25) is 0 Å². The molecule has 0 atom stereocenters. The summed E-state index contributed by atoms with van der Waals surface area (Å²) in [6.45, 7) is 0. The van der Waals surface area contributed by atoms with Gasteiger partial charge in [0.2, 0.25) is 5.91 Å². The number of aromatic nitrogens is 1. The number of anilines is 1. The van der Waals surface area contributed by atoms with E-state index in [0.717, 1.165) is 40.3 Å². The fraction of sp³-hybridized carbons (Fsp3) is 0.333. The van der Waals surface area contributed by atoms with Gasteiger partial charge in [-0.25, -0.2) is 0 Å². The molecular weight excluding hydrogens is 318 g/mol. The second-order valence-corrected chi connectivity index (χ2v) is 6.39. The van der Waals surface area contributed by atoms with Crippen molar-refractivity contribution in [1.29, 1.82) is 0 Å². The number of halogens is 1.